The third-order valence-corrected chi connectivity index (χ3v) is 4.86. The second-order valence-electron chi connectivity index (χ2n) is 6.31. The van der Waals surface area contributed by atoms with Gasteiger partial charge in [-0.25, -0.2) is 4.39 Å². The maximum Gasteiger partial charge on any atom is 0.173 e. The van der Waals surface area contributed by atoms with Crippen LogP contribution in [0.25, 0.3) is 0 Å². The molecule has 1 fully saturated rings. The summed E-state index contributed by atoms with van der Waals surface area (Å²) in [7, 11) is 3.08. The van der Waals surface area contributed by atoms with Crippen molar-refractivity contribution in [3.8, 4) is 5.75 Å². The first-order valence-electron chi connectivity index (χ1n) is 7.87. The monoisotopic (exact) mass is 345 g/mol. The van der Waals surface area contributed by atoms with Gasteiger partial charge in [-0.1, -0.05) is 11.6 Å². The molecule has 0 radical (unpaired) electrons. The second-order valence-corrected chi connectivity index (χ2v) is 6.72. The Labute approximate surface area is 142 Å². The molecule has 2 rings (SSSR count). The number of nitrogens with zero attached hydrogens (tertiary/aromatic N) is 1. The van der Waals surface area contributed by atoms with Gasteiger partial charge in [0.1, 0.15) is 0 Å². The molecule has 6 heteroatoms. The van der Waals surface area contributed by atoms with Crippen LogP contribution in [0.4, 0.5) is 4.39 Å². The number of aliphatic hydroxyl groups excluding tert-OH is 1. The lowest BCUT2D eigenvalue weighted by Crippen LogP contribution is -2.45. The summed E-state index contributed by atoms with van der Waals surface area (Å²) in [6.07, 6.45) is 2.83. The van der Waals surface area contributed by atoms with Crippen LogP contribution < -0.4 is 4.74 Å². The summed E-state index contributed by atoms with van der Waals surface area (Å²) in [5, 5.41) is 10.1. The summed E-state index contributed by atoms with van der Waals surface area (Å²) in [5.74, 6) is -0.362. The van der Waals surface area contributed by atoms with E-state index in [1.165, 1.54) is 13.2 Å². The van der Waals surface area contributed by atoms with E-state index in [1.54, 1.807) is 13.2 Å². The van der Waals surface area contributed by atoms with Gasteiger partial charge >= 0.3 is 0 Å². The van der Waals surface area contributed by atoms with Gasteiger partial charge < -0.3 is 14.6 Å². The fourth-order valence-electron chi connectivity index (χ4n) is 3.33. The van der Waals surface area contributed by atoms with Crippen molar-refractivity contribution in [3.63, 3.8) is 0 Å². The van der Waals surface area contributed by atoms with Gasteiger partial charge in [0.15, 0.2) is 11.6 Å². The molecule has 1 heterocycles. The van der Waals surface area contributed by atoms with Crippen LogP contribution in [0, 0.1) is 11.2 Å². The molecule has 0 amide bonds. The number of piperidine rings is 1. The number of rotatable bonds is 7. The van der Waals surface area contributed by atoms with E-state index in [2.05, 4.69) is 4.90 Å². The van der Waals surface area contributed by atoms with Gasteiger partial charge in [0.25, 0.3) is 0 Å². The Morgan fingerprint density at radius 2 is 2.17 bits per heavy atom. The highest BCUT2D eigenvalue weighted by atomic mass is 35.5. The highest BCUT2D eigenvalue weighted by Gasteiger charge is 2.34. The Hall–Kier alpha value is -0.880. The lowest BCUT2D eigenvalue weighted by Gasteiger charge is -2.42. The third-order valence-electron chi connectivity index (χ3n) is 4.58. The zero-order chi connectivity index (χ0) is 16.9. The fraction of sp³-hybridized carbons (Fsp3) is 0.647. The molecule has 1 N–H and O–H groups in total. The standard InChI is InChI=1S/C17H25ClFNO3/c1-22-7-5-17(12-21)4-3-6-20(11-17)10-13-8-14(18)16(23-2)15(19)9-13/h8-9,21H,3-7,10-12H2,1-2H3/t17-/m1/s1. The number of hydrogen-bond acceptors (Lipinski definition) is 4. The van der Waals surface area contributed by atoms with Crippen molar-refractivity contribution in [1.82, 2.24) is 4.90 Å². The Balaban J connectivity index is 2.08. The van der Waals surface area contributed by atoms with Gasteiger partial charge in [0.2, 0.25) is 0 Å². The number of methoxy groups -OCH3 is 2. The van der Waals surface area contributed by atoms with Crippen LogP contribution in [0.3, 0.4) is 0 Å². The van der Waals surface area contributed by atoms with Crippen LogP contribution in [0.15, 0.2) is 12.1 Å². The molecule has 1 atom stereocenters. The number of likely N-dealkylation sites (tertiary alicyclic amines) is 1. The van der Waals surface area contributed by atoms with E-state index in [-0.39, 0.29) is 22.8 Å². The van der Waals surface area contributed by atoms with E-state index in [4.69, 9.17) is 21.1 Å². The normalized spacial score (nSPS) is 22.3. The smallest absolute Gasteiger partial charge is 0.173 e. The molecule has 0 aliphatic carbocycles. The maximum atomic E-state index is 14.0. The average molecular weight is 346 g/mol. The Morgan fingerprint density at radius 1 is 1.39 bits per heavy atom. The van der Waals surface area contributed by atoms with Crippen LogP contribution in [0.5, 0.6) is 5.75 Å². The lowest BCUT2D eigenvalue weighted by atomic mass is 9.78. The molecule has 1 aromatic rings. The number of hydrogen-bond donors (Lipinski definition) is 1. The predicted molar refractivity (Wildman–Crippen MR) is 88.5 cm³/mol. The van der Waals surface area contributed by atoms with Crippen molar-refractivity contribution in [2.45, 2.75) is 25.8 Å². The van der Waals surface area contributed by atoms with Crippen molar-refractivity contribution >= 4 is 11.6 Å². The van der Waals surface area contributed by atoms with Gasteiger partial charge in [-0.3, -0.25) is 4.90 Å². The van der Waals surface area contributed by atoms with E-state index >= 15 is 0 Å². The van der Waals surface area contributed by atoms with Gasteiger partial charge in [-0.05, 0) is 43.5 Å². The minimum absolute atomic E-state index is 0.0823. The summed E-state index contributed by atoms with van der Waals surface area (Å²) >= 11 is 6.06. The van der Waals surface area contributed by atoms with E-state index in [0.717, 1.165) is 37.9 Å². The molecule has 130 valence electrons. The molecule has 0 unspecified atom stereocenters. The zero-order valence-electron chi connectivity index (χ0n) is 13.8. The average Bonchev–Trinajstić information content (AvgIpc) is 2.53. The van der Waals surface area contributed by atoms with Crippen molar-refractivity contribution < 1.29 is 19.0 Å². The number of aliphatic hydroxyl groups is 1. The molecule has 1 aliphatic rings. The highest BCUT2D eigenvalue weighted by molar-refractivity contribution is 6.32. The fourth-order valence-corrected chi connectivity index (χ4v) is 3.64. The van der Waals surface area contributed by atoms with Gasteiger partial charge in [0.05, 0.1) is 18.7 Å². The summed E-state index contributed by atoms with van der Waals surface area (Å²) < 4.78 is 24.1. The lowest BCUT2D eigenvalue weighted by molar-refractivity contribution is 0.00473. The largest absolute Gasteiger partial charge is 0.492 e. The van der Waals surface area contributed by atoms with Crippen molar-refractivity contribution in [2.75, 3.05) is 40.5 Å². The molecule has 0 saturated carbocycles. The van der Waals surface area contributed by atoms with E-state index < -0.39 is 5.82 Å². The molecule has 1 aliphatic heterocycles. The van der Waals surface area contributed by atoms with Crippen LogP contribution >= 0.6 is 11.6 Å². The van der Waals surface area contributed by atoms with Crippen molar-refractivity contribution in [3.05, 3.63) is 28.5 Å². The topological polar surface area (TPSA) is 41.9 Å². The van der Waals surface area contributed by atoms with Crippen LogP contribution in [-0.4, -0.2) is 50.5 Å². The zero-order valence-corrected chi connectivity index (χ0v) is 14.5. The molecular formula is C17H25ClFNO3. The molecular weight excluding hydrogens is 321 g/mol. The Bertz CT molecular complexity index is 506. The summed E-state index contributed by atoms with van der Waals surface area (Å²) in [5.41, 5.74) is 0.678. The predicted octanol–water partition coefficient (Wildman–Crippen LogP) is 3.10. The Kier molecular flexibility index (Phi) is 6.65. The Morgan fingerprint density at radius 3 is 2.78 bits per heavy atom. The van der Waals surface area contributed by atoms with E-state index in [1.807, 2.05) is 0 Å². The van der Waals surface area contributed by atoms with Crippen molar-refractivity contribution in [2.24, 2.45) is 5.41 Å². The van der Waals surface area contributed by atoms with Gasteiger partial charge in [0, 0.05) is 32.2 Å². The summed E-state index contributed by atoms with van der Waals surface area (Å²) in [4.78, 5) is 2.24. The minimum atomic E-state index is -0.445. The summed E-state index contributed by atoms with van der Waals surface area (Å²) in [6, 6.07) is 3.21. The number of halogens is 2. The van der Waals surface area contributed by atoms with E-state index in [9.17, 15) is 9.50 Å². The quantitative estimate of drug-likeness (QED) is 0.824. The van der Waals surface area contributed by atoms with Crippen LogP contribution in [0.1, 0.15) is 24.8 Å². The molecule has 1 aromatic carbocycles. The first-order chi connectivity index (χ1) is 11.0. The molecule has 4 nitrogen and oxygen atoms in total. The first kappa shape index (κ1) is 18.5. The van der Waals surface area contributed by atoms with Gasteiger partial charge in [-0.2, -0.15) is 0 Å². The van der Waals surface area contributed by atoms with Crippen LogP contribution in [-0.2, 0) is 11.3 Å². The second kappa shape index (κ2) is 8.29. The molecule has 0 aromatic heterocycles. The third kappa shape index (κ3) is 4.57. The molecule has 0 spiro atoms. The minimum Gasteiger partial charge on any atom is -0.492 e. The number of benzene rings is 1. The molecule has 1 saturated heterocycles. The van der Waals surface area contributed by atoms with Crippen LogP contribution in [0.2, 0.25) is 5.02 Å². The molecule has 23 heavy (non-hydrogen) atoms. The maximum absolute atomic E-state index is 14.0. The SMILES string of the molecule is COCC[C@]1(CO)CCCN(Cc2cc(F)c(OC)c(Cl)c2)C1. The van der Waals surface area contributed by atoms with E-state index in [0.29, 0.717) is 13.2 Å². The molecule has 0 bridgehead atoms. The summed E-state index contributed by atoms with van der Waals surface area (Å²) in [6.45, 7) is 3.09. The van der Waals surface area contributed by atoms with Crippen molar-refractivity contribution in [1.29, 1.82) is 0 Å². The first-order valence-corrected chi connectivity index (χ1v) is 8.25. The van der Waals surface area contributed by atoms with Gasteiger partial charge in [-0.15, -0.1) is 0 Å². The number of ether oxygens (including phenoxy) is 2. The highest BCUT2D eigenvalue weighted by Crippen LogP contribution is 2.35.